The second-order valence-electron chi connectivity index (χ2n) is 6.44. The van der Waals surface area contributed by atoms with E-state index in [1.807, 2.05) is 41.3 Å². The Morgan fingerprint density at radius 3 is 2.21 bits per heavy atom. The number of nitrogens with one attached hydrogen (secondary N) is 3. The molecule has 1 saturated heterocycles. The number of carbonyl (C=O) groups excluding carboxylic acids is 2. The van der Waals surface area contributed by atoms with Crippen LogP contribution in [0.3, 0.4) is 0 Å². The fourth-order valence-corrected chi connectivity index (χ4v) is 2.99. The number of aliphatic hydroxyl groups excluding tert-OH is 1. The van der Waals surface area contributed by atoms with Gasteiger partial charge in [-0.1, -0.05) is 35.9 Å². The fourth-order valence-electron chi connectivity index (χ4n) is 2.87. The quantitative estimate of drug-likeness (QED) is 0.599. The van der Waals surface area contributed by atoms with Crippen LogP contribution >= 0.6 is 11.6 Å². The molecular weight excluding hydrogens is 392 g/mol. The molecule has 1 aliphatic rings. The molecule has 156 valence electrons. The van der Waals surface area contributed by atoms with Gasteiger partial charge in [-0.25, -0.2) is 4.79 Å². The molecule has 0 spiro atoms. The van der Waals surface area contributed by atoms with Crippen molar-refractivity contribution in [3.05, 3.63) is 64.7 Å². The van der Waals surface area contributed by atoms with Gasteiger partial charge in [0.15, 0.2) is 0 Å². The van der Waals surface area contributed by atoms with Crippen molar-refractivity contribution < 1.29 is 14.7 Å². The van der Waals surface area contributed by atoms with Crippen molar-refractivity contribution >= 4 is 29.2 Å². The van der Waals surface area contributed by atoms with Gasteiger partial charge in [0.2, 0.25) is 5.91 Å². The zero-order chi connectivity index (χ0) is 21.1. The summed E-state index contributed by atoms with van der Waals surface area (Å²) in [6.07, 6.45) is 0.378. The Morgan fingerprint density at radius 1 is 1.00 bits per heavy atom. The Morgan fingerprint density at radius 2 is 1.59 bits per heavy atom. The number of carbonyl (C=O) groups is 2. The molecule has 2 aromatic rings. The van der Waals surface area contributed by atoms with Crippen LogP contribution in [0.2, 0.25) is 5.02 Å². The number of benzene rings is 2. The zero-order valence-electron chi connectivity index (χ0n) is 16.5. The van der Waals surface area contributed by atoms with E-state index in [-0.39, 0.29) is 11.9 Å². The lowest BCUT2D eigenvalue weighted by atomic mass is 10.1. The van der Waals surface area contributed by atoms with Crippen LogP contribution in [0.4, 0.5) is 10.5 Å². The van der Waals surface area contributed by atoms with Gasteiger partial charge >= 0.3 is 6.03 Å². The van der Waals surface area contributed by atoms with Gasteiger partial charge in [-0.2, -0.15) is 0 Å². The van der Waals surface area contributed by atoms with E-state index in [4.69, 9.17) is 16.7 Å². The molecule has 4 N–H and O–H groups in total. The van der Waals surface area contributed by atoms with E-state index in [1.165, 1.54) is 0 Å². The highest BCUT2D eigenvalue weighted by atomic mass is 35.5. The van der Waals surface area contributed by atoms with Crippen molar-refractivity contribution in [2.75, 3.05) is 38.6 Å². The standard InChI is InChI=1S/C20H23ClN4O2.CH4O/c21-17-5-1-16(2-6-17)14-23-20(27)24-18-7-3-15(4-8-18)13-19(26)25-11-9-22-10-12-25;1-2/h1-8,22H,9-14H2,(H2,23,24,27);2H,1H3. The van der Waals surface area contributed by atoms with Gasteiger partial charge in [-0.15, -0.1) is 0 Å². The molecule has 1 aliphatic heterocycles. The van der Waals surface area contributed by atoms with E-state index in [2.05, 4.69) is 16.0 Å². The van der Waals surface area contributed by atoms with Crippen molar-refractivity contribution in [1.82, 2.24) is 15.5 Å². The molecular formula is C21H27ClN4O3. The Hall–Kier alpha value is -2.61. The molecule has 7 nitrogen and oxygen atoms in total. The molecule has 0 unspecified atom stereocenters. The molecule has 2 aromatic carbocycles. The van der Waals surface area contributed by atoms with Crippen LogP contribution in [-0.4, -0.2) is 55.2 Å². The maximum absolute atomic E-state index is 12.3. The number of amides is 3. The summed E-state index contributed by atoms with van der Waals surface area (Å²) in [6, 6.07) is 14.4. The van der Waals surface area contributed by atoms with Crippen LogP contribution in [-0.2, 0) is 17.8 Å². The molecule has 0 bridgehead atoms. The van der Waals surface area contributed by atoms with Crippen molar-refractivity contribution in [2.45, 2.75) is 13.0 Å². The van der Waals surface area contributed by atoms with E-state index in [0.717, 1.165) is 44.4 Å². The highest BCUT2D eigenvalue weighted by Crippen LogP contribution is 2.12. The van der Waals surface area contributed by atoms with E-state index in [1.54, 1.807) is 12.1 Å². The molecule has 0 radical (unpaired) electrons. The summed E-state index contributed by atoms with van der Waals surface area (Å²) in [5, 5.41) is 16.5. The van der Waals surface area contributed by atoms with Crippen LogP contribution in [0, 0.1) is 0 Å². The van der Waals surface area contributed by atoms with Gasteiger partial charge < -0.3 is 26.0 Å². The summed E-state index contributed by atoms with van der Waals surface area (Å²) in [5.41, 5.74) is 2.59. The summed E-state index contributed by atoms with van der Waals surface area (Å²) < 4.78 is 0. The number of hydrogen-bond donors (Lipinski definition) is 4. The lowest BCUT2D eigenvalue weighted by Gasteiger charge is -2.27. The molecule has 1 fully saturated rings. The van der Waals surface area contributed by atoms with E-state index in [9.17, 15) is 9.59 Å². The number of nitrogens with zero attached hydrogens (tertiary/aromatic N) is 1. The number of halogens is 1. The van der Waals surface area contributed by atoms with Crippen LogP contribution in [0.15, 0.2) is 48.5 Å². The average molecular weight is 419 g/mol. The van der Waals surface area contributed by atoms with Gasteiger partial charge in [-0.05, 0) is 35.4 Å². The normalized spacial score (nSPS) is 13.1. The van der Waals surface area contributed by atoms with Gasteiger partial charge in [0.05, 0.1) is 6.42 Å². The first kappa shape index (κ1) is 22.7. The van der Waals surface area contributed by atoms with Crippen LogP contribution in [0.5, 0.6) is 0 Å². The number of anilines is 1. The minimum atomic E-state index is -0.283. The molecule has 3 amide bonds. The lowest BCUT2D eigenvalue weighted by molar-refractivity contribution is -0.131. The average Bonchev–Trinajstić information content (AvgIpc) is 2.77. The third kappa shape index (κ3) is 7.73. The molecule has 29 heavy (non-hydrogen) atoms. The Kier molecular flexibility index (Phi) is 9.43. The molecule has 0 saturated carbocycles. The maximum Gasteiger partial charge on any atom is 0.319 e. The fraction of sp³-hybridized carbons (Fsp3) is 0.333. The first-order valence-electron chi connectivity index (χ1n) is 9.41. The predicted molar refractivity (Wildman–Crippen MR) is 115 cm³/mol. The third-order valence-electron chi connectivity index (χ3n) is 4.40. The number of hydrogen-bond acceptors (Lipinski definition) is 4. The Balaban J connectivity index is 0.00000145. The van der Waals surface area contributed by atoms with Crippen molar-refractivity contribution in [2.24, 2.45) is 0 Å². The predicted octanol–water partition coefficient (Wildman–Crippen LogP) is 2.24. The zero-order valence-corrected chi connectivity index (χ0v) is 17.2. The second-order valence-corrected chi connectivity index (χ2v) is 6.88. The Labute approximate surface area is 176 Å². The lowest BCUT2D eigenvalue weighted by Crippen LogP contribution is -2.46. The van der Waals surface area contributed by atoms with Crippen molar-refractivity contribution in [1.29, 1.82) is 0 Å². The number of piperazine rings is 1. The van der Waals surface area contributed by atoms with Gasteiger partial charge in [0, 0.05) is 50.5 Å². The number of rotatable bonds is 5. The summed E-state index contributed by atoms with van der Waals surface area (Å²) >= 11 is 5.84. The highest BCUT2D eigenvalue weighted by Gasteiger charge is 2.16. The largest absolute Gasteiger partial charge is 0.400 e. The summed E-state index contributed by atoms with van der Waals surface area (Å²) in [4.78, 5) is 26.2. The minimum Gasteiger partial charge on any atom is -0.400 e. The second kappa shape index (κ2) is 12.1. The molecule has 3 rings (SSSR count). The van der Waals surface area contributed by atoms with Crippen LogP contribution in [0.1, 0.15) is 11.1 Å². The summed E-state index contributed by atoms with van der Waals surface area (Å²) in [5.74, 6) is 0.137. The first-order chi connectivity index (χ1) is 14.1. The van der Waals surface area contributed by atoms with Gasteiger partial charge in [-0.3, -0.25) is 4.79 Å². The van der Waals surface area contributed by atoms with Gasteiger partial charge in [0.25, 0.3) is 0 Å². The minimum absolute atomic E-state index is 0.137. The monoisotopic (exact) mass is 418 g/mol. The molecule has 0 aliphatic carbocycles. The SMILES string of the molecule is CO.O=C(NCc1ccc(Cl)cc1)Nc1ccc(CC(=O)N2CCNCC2)cc1. The van der Waals surface area contributed by atoms with Crippen molar-refractivity contribution in [3.63, 3.8) is 0 Å². The number of urea groups is 1. The highest BCUT2D eigenvalue weighted by molar-refractivity contribution is 6.30. The molecule has 0 atom stereocenters. The summed E-state index contributed by atoms with van der Waals surface area (Å²) in [7, 11) is 1.00. The van der Waals surface area contributed by atoms with Crippen LogP contribution < -0.4 is 16.0 Å². The van der Waals surface area contributed by atoms with E-state index < -0.39 is 0 Å². The third-order valence-corrected chi connectivity index (χ3v) is 4.66. The topological polar surface area (TPSA) is 93.7 Å². The van der Waals surface area contributed by atoms with Gasteiger partial charge in [0.1, 0.15) is 0 Å². The van der Waals surface area contributed by atoms with E-state index >= 15 is 0 Å². The molecule has 1 heterocycles. The molecule has 0 aromatic heterocycles. The van der Waals surface area contributed by atoms with E-state index in [0.29, 0.717) is 23.7 Å². The Bertz CT molecular complexity index is 776. The smallest absolute Gasteiger partial charge is 0.319 e. The first-order valence-corrected chi connectivity index (χ1v) is 9.79. The molecule has 8 heteroatoms. The van der Waals surface area contributed by atoms with Crippen LogP contribution in [0.25, 0.3) is 0 Å². The maximum atomic E-state index is 12.3. The summed E-state index contributed by atoms with van der Waals surface area (Å²) in [6.45, 7) is 3.62. The van der Waals surface area contributed by atoms with Crippen molar-refractivity contribution in [3.8, 4) is 0 Å². The number of aliphatic hydroxyl groups is 1.